The van der Waals surface area contributed by atoms with Crippen molar-refractivity contribution in [2.24, 2.45) is 5.92 Å². The molecule has 0 spiro atoms. The Kier molecular flexibility index (Phi) is 4.13. The molecule has 7 heteroatoms. The van der Waals surface area contributed by atoms with Crippen molar-refractivity contribution in [3.05, 3.63) is 15.8 Å². The van der Waals surface area contributed by atoms with Crippen LogP contribution in [0.4, 0.5) is 0 Å². The molecule has 1 aromatic heterocycles. The Morgan fingerprint density at radius 3 is 2.67 bits per heavy atom. The van der Waals surface area contributed by atoms with E-state index in [1.165, 1.54) is 0 Å². The quantitative estimate of drug-likeness (QED) is 0.820. The molecule has 5 nitrogen and oxygen atoms in total. The maximum atomic E-state index is 13.0. The summed E-state index contributed by atoms with van der Waals surface area (Å²) in [5.41, 5.74) is 0. The molecule has 2 atom stereocenters. The van der Waals surface area contributed by atoms with Crippen molar-refractivity contribution in [3.8, 4) is 0 Å². The number of likely N-dealkylation sites (N-methyl/N-ethyl adjacent to an activating group) is 1. The zero-order valence-corrected chi connectivity index (χ0v) is 14.3. The highest BCUT2D eigenvalue weighted by atomic mass is 32.2. The van der Waals surface area contributed by atoms with Gasteiger partial charge in [-0.15, -0.1) is 11.3 Å². The van der Waals surface area contributed by atoms with E-state index in [1.54, 1.807) is 21.7 Å². The van der Waals surface area contributed by atoms with Crippen LogP contribution >= 0.6 is 11.3 Å². The van der Waals surface area contributed by atoms with Crippen LogP contribution in [0.1, 0.15) is 9.75 Å². The van der Waals surface area contributed by atoms with E-state index in [2.05, 4.69) is 11.9 Å². The predicted octanol–water partition coefficient (Wildman–Crippen LogP) is 1.32. The van der Waals surface area contributed by atoms with Gasteiger partial charge in [-0.1, -0.05) is 0 Å². The highest BCUT2D eigenvalue weighted by Crippen LogP contribution is 2.30. The molecule has 2 aliphatic rings. The summed E-state index contributed by atoms with van der Waals surface area (Å²) in [6.07, 6.45) is 0. The lowest BCUT2D eigenvalue weighted by atomic mass is 10.1. The molecule has 0 aliphatic carbocycles. The van der Waals surface area contributed by atoms with Gasteiger partial charge >= 0.3 is 0 Å². The summed E-state index contributed by atoms with van der Waals surface area (Å²) < 4.78 is 33.3. The van der Waals surface area contributed by atoms with Gasteiger partial charge < -0.3 is 4.74 Å². The van der Waals surface area contributed by atoms with Crippen molar-refractivity contribution in [3.63, 3.8) is 0 Å². The first-order valence-electron chi connectivity index (χ1n) is 7.23. The van der Waals surface area contributed by atoms with Crippen LogP contribution in [0.3, 0.4) is 0 Å². The average molecular weight is 330 g/mol. The Labute approximate surface area is 130 Å². The van der Waals surface area contributed by atoms with Crippen molar-refractivity contribution in [1.29, 1.82) is 0 Å². The number of hydrogen-bond acceptors (Lipinski definition) is 5. The predicted molar refractivity (Wildman–Crippen MR) is 83.3 cm³/mol. The molecule has 0 saturated carbocycles. The lowest BCUT2D eigenvalue weighted by Crippen LogP contribution is -2.44. The van der Waals surface area contributed by atoms with Gasteiger partial charge in [-0.25, -0.2) is 8.42 Å². The largest absolute Gasteiger partial charge is 0.379 e. The summed E-state index contributed by atoms with van der Waals surface area (Å²) in [7, 11) is -1.34. The van der Waals surface area contributed by atoms with Crippen molar-refractivity contribution >= 4 is 21.4 Å². The molecular weight excluding hydrogens is 308 g/mol. The molecule has 2 bridgehead atoms. The standard InChI is InChI=1S/C14H22N2O3S2/c1-10-4-14(11(2)20-10)21(17,18)16-6-12-5-15(3)13(7-16)9-19-8-12/h4,12-13H,5-9H2,1-3H3/t12-,13+/m1/s1. The van der Waals surface area contributed by atoms with Crippen LogP contribution in [0.15, 0.2) is 11.0 Å². The van der Waals surface area contributed by atoms with E-state index in [4.69, 9.17) is 4.74 Å². The van der Waals surface area contributed by atoms with Crippen LogP contribution in [0.5, 0.6) is 0 Å². The second kappa shape index (κ2) is 5.62. The number of ether oxygens (including phenoxy) is 1. The van der Waals surface area contributed by atoms with Gasteiger partial charge in [0, 0.05) is 41.3 Å². The SMILES string of the molecule is Cc1cc(S(=O)(=O)N2C[C@@H]3COC[C@H](C2)N(C)C3)c(C)s1. The first kappa shape index (κ1) is 15.4. The Hall–Kier alpha value is -0.470. The molecule has 1 aromatic rings. The fourth-order valence-electron chi connectivity index (χ4n) is 3.21. The number of nitrogens with zero attached hydrogens (tertiary/aromatic N) is 2. The third kappa shape index (κ3) is 2.90. The Morgan fingerprint density at radius 1 is 1.24 bits per heavy atom. The topological polar surface area (TPSA) is 49.9 Å². The van der Waals surface area contributed by atoms with E-state index in [9.17, 15) is 8.42 Å². The van der Waals surface area contributed by atoms with Gasteiger partial charge in [0.15, 0.2) is 0 Å². The lowest BCUT2D eigenvalue weighted by Gasteiger charge is -2.29. The van der Waals surface area contributed by atoms with Gasteiger partial charge in [-0.3, -0.25) is 4.90 Å². The van der Waals surface area contributed by atoms with Crippen LogP contribution in [-0.4, -0.2) is 63.6 Å². The van der Waals surface area contributed by atoms with E-state index in [-0.39, 0.29) is 12.0 Å². The Morgan fingerprint density at radius 2 is 2.00 bits per heavy atom. The number of thiophene rings is 1. The molecule has 21 heavy (non-hydrogen) atoms. The molecule has 2 saturated heterocycles. The molecule has 3 heterocycles. The molecule has 2 fully saturated rings. The van der Waals surface area contributed by atoms with Gasteiger partial charge in [0.25, 0.3) is 0 Å². The first-order chi connectivity index (χ1) is 9.88. The minimum atomic E-state index is -3.40. The Bertz CT molecular complexity index is 626. The first-order valence-corrected chi connectivity index (χ1v) is 9.48. The second-order valence-electron chi connectivity index (χ2n) is 6.10. The normalized spacial score (nSPS) is 28.5. The summed E-state index contributed by atoms with van der Waals surface area (Å²) in [5, 5.41) is 0. The van der Waals surface area contributed by atoms with Gasteiger partial charge in [0.2, 0.25) is 10.0 Å². The summed E-state index contributed by atoms with van der Waals surface area (Å²) in [6, 6.07) is 1.95. The fourth-order valence-corrected chi connectivity index (χ4v) is 6.28. The zero-order chi connectivity index (χ0) is 15.2. The van der Waals surface area contributed by atoms with Crippen molar-refractivity contribution in [2.45, 2.75) is 24.8 Å². The number of aryl methyl sites for hydroxylation is 2. The summed E-state index contributed by atoms with van der Waals surface area (Å²) in [6.45, 7) is 7.07. The average Bonchev–Trinajstić information content (AvgIpc) is 2.54. The third-order valence-corrected chi connectivity index (χ3v) is 7.38. The van der Waals surface area contributed by atoms with Crippen LogP contribution in [0.2, 0.25) is 0 Å². The number of hydrogen-bond donors (Lipinski definition) is 0. The molecule has 0 unspecified atom stereocenters. The minimum Gasteiger partial charge on any atom is -0.379 e. The highest BCUT2D eigenvalue weighted by molar-refractivity contribution is 7.89. The van der Waals surface area contributed by atoms with E-state index in [1.807, 2.05) is 13.8 Å². The molecule has 3 rings (SSSR count). The highest BCUT2D eigenvalue weighted by Gasteiger charge is 2.37. The third-order valence-electron chi connectivity index (χ3n) is 4.32. The summed E-state index contributed by atoms with van der Waals surface area (Å²) in [5.74, 6) is 0.248. The van der Waals surface area contributed by atoms with E-state index >= 15 is 0 Å². The van der Waals surface area contributed by atoms with Crippen LogP contribution in [-0.2, 0) is 14.8 Å². The van der Waals surface area contributed by atoms with Gasteiger partial charge in [0.1, 0.15) is 0 Å². The molecule has 0 N–H and O–H groups in total. The van der Waals surface area contributed by atoms with E-state index in [0.717, 1.165) is 16.3 Å². The maximum absolute atomic E-state index is 13.0. The monoisotopic (exact) mass is 330 g/mol. The van der Waals surface area contributed by atoms with Crippen LogP contribution in [0, 0.1) is 19.8 Å². The molecule has 0 aromatic carbocycles. The van der Waals surface area contributed by atoms with E-state index < -0.39 is 10.0 Å². The Balaban J connectivity index is 1.94. The molecule has 2 aliphatic heterocycles. The van der Waals surface area contributed by atoms with Crippen LogP contribution < -0.4 is 0 Å². The molecular formula is C14H22N2O3S2. The molecule has 0 radical (unpaired) electrons. The number of rotatable bonds is 2. The fraction of sp³-hybridized carbons (Fsp3) is 0.714. The number of sulfonamides is 1. The van der Waals surface area contributed by atoms with Gasteiger partial charge in [0.05, 0.1) is 18.1 Å². The van der Waals surface area contributed by atoms with Gasteiger partial charge in [-0.2, -0.15) is 4.31 Å². The van der Waals surface area contributed by atoms with Crippen molar-refractivity contribution in [1.82, 2.24) is 9.21 Å². The maximum Gasteiger partial charge on any atom is 0.244 e. The zero-order valence-electron chi connectivity index (χ0n) is 12.7. The number of fused-ring (bicyclic) bond motifs is 3. The van der Waals surface area contributed by atoms with Gasteiger partial charge in [-0.05, 0) is 27.0 Å². The van der Waals surface area contributed by atoms with Crippen LogP contribution in [0.25, 0.3) is 0 Å². The van der Waals surface area contributed by atoms with Crippen molar-refractivity contribution in [2.75, 3.05) is 39.9 Å². The van der Waals surface area contributed by atoms with E-state index in [0.29, 0.717) is 31.2 Å². The lowest BCUT2D eigenvalue weighted by molar-refractivity contribution is 0.0727. The second-order valence-corrected chi connectivity index (χ2v) is 9.46. The smallest absolute Gasteiger partial charge is 0.244 e. The molecule has 0 amide bonds. The minimum absolute atomic E-state index is 0.146. The summed E-state index contributed by atoms with van der Waals surface area (Å²) >= 11 is 1.55. The summed E-state index contributed by atoms with van der Waals surface area (Å²) in [4.78, 5) is 4.64. The van der Waals surface area contributed by atoms with Crippen molar-refractivity contribution < 1.29 is 13.2 Å². The molecule has 118 valence electrons.